The lowest BCUT2D eigenvalue weighted by Gasteiger charge is -2.30. The van der Waals surface area contributed by atoms with Gasteiger partial charge in [0.1, 0.15) is 9.71 Å². The molecule has 0 atom stereocenters. The number of nitrogen functional groups attached to an aromatic ring is 1. The van der Waals surface area contributed by atoms with Crippen molar-refractivity contribution in [2.75, 3.05) is 18.8 Å². The highest BCUT2D eigenvalue weighted by atomic mass is 32.1. The first-order valence-electron chi connectivity index (χ1n) is 8.84. The molecule has 2 aromatic rings. The predicted molar refractivity (Wildman–Crippen MR) is 98.5 cm³/mol. The Bertz CT molecular complexity index is 852. The molecule has 25 heavy (non-hydrogen) atoms. The number of thiophene rings is 1. The zero-order chi connectivity index (χ0) is 17.6. The van der Waals surface area contributed by atoms with Crippen molar-refractivity contribution in [1.82, 2.24) is 9.88 Å². The molecular formula is C18H22N4O2S. The Morgan fingerprint density at radius 3 is 2.64 bits per heavy atom. The lowest BCUT2D eigenvalue weighted by molar-refractivity contribution is -0.123. The van der Waals surface area contributed by atoms with E-state index >= 15 is 0 Å². The van der Waals surface area contributed by atoms with Gasteiger partial charge in [-0.15, -0.1) is 11.3 Å². The zero-order valence-corrected chi connectivity index (χ0v) is 14.9. The number of rotatable bonds is 2. The standard InChI is InChI=1S/C18H22N4O2S/c19-14-12-9-11-3-1-2-4-13(11)21-17(12)25-15(14)18(24)22-7-5-10(6-8-22)16(20)23/h9-10H,1-8,19H2,(H2,20,23). The van der Waals surface area contributed by atoms with Crippen LogP contribution in [0.2, 0.25) is 0 Å². The van der Waals surface area contributed by atoms with Gasteiger partial charge in [-0.1, -0.05) is 0 Å². The van der Waals surface area contributed by atoms with Crippen LogP contribution in [-0.4, -0.2) is 34.8 Å². The van der Waals surface area contributed by atoms with E-state index in [9.17, 15) is 9.59 Å². The molecule has 1 saturated heterocycles. The van der Waals surface area contributed by atoms with Crippen LogP contribution in [0.25, 0.3) is 10.2 Å². The summed E-state index contributed by atoms with van der Waals surface area (Å²) in [5.41, 5.74) is 14.6. The van der Waals surface area contributed by atoms with Crippen LogP contribution in [0, 0.1) is 5.92 Å². The van der Waals surface area contributed by atoms with Crippen LogP contribution >= 0.6 is 11.3 Å². The minimum Gasteiger partial charge on any atom is -0.397 e. The van der Waals surface area contributed by atoms with Crippen molar-refractivity contribution < 1.29 is 9.59 Å². The monoisotopic (exact) mass is 358 g/mol. The van der Waals surface area contributed by atoms with Gasteiger partial charge in [0.25, 0.3) is 5.91 Å². The van der Waals surface area contributed by atoms with E-state index in [1.54, 1.807) is 4.90 Å². The van der Waals surface area contributed by atoms with E-state index in [4.69, 9.17) is 16.5 Å². The van der Waals surface area contributed by atoms with Crippen LogP contribution < -0.4 is 11.5 Å². The molecule has 3 heterocycles. The molecule has 0 radical (unpaired) electrons. The number of carbonyl (C=O) groups excluding carboxylic acids is 2. The number of primary amides is 1. The van der Waals surface area contributed by atoms with Crippen LogP contribution in [0.5, 0.6) is 0 Å². The summed E-state index contributed by atoms with van der Waals surface area (Å²) < 4.78 is 0. The van der Waals surface area contributed by atoms with Gasteiger partial charge in [-0.25, -0.2) is 4.98 Å². The number of nitrogens with zero attached hydrogens (tertiary/aromatic N) is 2. The van der Waals surface area contributed by atoms with Gasteiger partial charge in [0.15, 0.2) is 0 Å². The number of piperidine rings is 1. The summed E-state index contributed by atoms with van der Waals surface area (Å²) in [6.45, 7) is 1.09. The molecule has 2 aliphatic rings. The average molecular weight is 358 g/mol. The van der Waals surface area contributed by atoms with Gasteiger partial charge in [0.2, 0.25) is 5.91 Å². The summed E-state index contributed by atoms with van der Waals surface area (Å²) in [7, 11) is 0. The van der Waals surface area contributed by atoms with Crippen LogP contribution in [0.15, 0.2) is 6.07 Å². The Labute approximate surface area is 150 Å². The molecule has 0 unspecified atom stereocenters. The summed E-state index contributed by atoms with van der Waals surface area (Å²) in [6.07, 6.45) is 5.65. The number of likely N-dealkylation sites (tertiary alicyclic amines) is 1. The summed E-state index contributed by atoms with van der Waals surface area (Å²) in [4.78, 5) is 32.2. The fourth-order valence-electron chi connectivity index (χ4n) is 3.83. The van der Waals surface area contributed by atoms with Crippen molar-refractivity contribution in [3.8, 4) is 0 Å². The number of nitrogens with two attached hydrogens (primary N) is 2. The number of aromatic nitrogens is 1. The van der Waals surface area contributed by atoms with Gasteiger partial charge in [-0.2, -0.15) is 0 Å². The Hall–Kier alpha value is -2.15. The number of hydrogen-bond donors (Lipinski definition) is 2. The Balaban J connectivity index is 1.62. The molecule has 132 valence electrons. The fraction of sp³-hybridized carbons (Fsp3) is 0.500. The van der Waals surface area contributed by atoms with E-state index in [2.05, 4.69) is 6.07 Å². The molecular weight excluding hydrogens is 336 g/mol. The van der Waals surface area contributed by atoms with Gasteiger partial charge in [-0.05, 0) is 50.2 Å². The lowest BCUT2D eigenvalue weighted by atomic mass is 9.95. The average Bonchev–Trinajstić information content (AvgIpc) is 2.95. The summed E-state index contributed by atoms with van der Waals surface area (Å²) in [5.74, 6) is -0.457. The Morgan fingerprint density at radius 2 is 1.92 bits per heavy atom. The number of fused-ring (bicyclic) bond motifs is 2. The van der Waals surface area contributed by atoms with E-state index in [0.29, 0.717) is 36.5 Å². The fourth-order valence-corrected chi connectivity index (χ4v) is 4.89. The normalized spacial score (nSPS) is 18.3. The van der Waals surface area contributed by atoms with Crippen LogP contribution in [-0.2, 0) is 17.6 Å². The molecule has 1 fully saturated rings. The van der Waals surface area contributed by atoms with Gasteiger partial charge in [-0.3, -0.25) is 9.59 Å². The molecule has 1 aliphatic carbocycles. The quantitative estimate of drug-likeness (QED) is 0.858. The minimum absolute atomic E-state index is 0.0543. The summed E-state index contributed by atoms with van der Waals surface area (Å²) in [5, 5.41) is 0.904. The predicted octanol–water partition coefficient (Wildman–Crippen LogP) is 2.09. The second-order valence-corrected chi connectivity index (χ2v) is 7.97. The van der Waals surface area contributed by atoms with Crippen LogP contribution in [0.4, 0.5) is 5.69 Å². The topological polar surface area (TPSA) is 102 Å². The first-order chi connectivity index (χ1) is 12.0. The number of aryl methyl sites for hydroxylation is 2. The SMILES string of the molecule is NC(=O)C1CCN(C(=O)c2sc3nc4c(cc3c2N)CCCC4)CC1. The molecule has 2 amide bonds. The van der Waals surface area contributed by atoms with E-state index < -0.39 is 0 Å². The molecule has 4 rings (SSSR count). The molecule has 0 aromatic carbocycles. The lowest BCUT2D eigenvalue weighted by Crippen LogP contribution is -2.41. The molecule has 4 N–H and O–H groups in total. The van der Waals surface area contributed by atoms with Crippen molar-refractivity contribution >= 4 is 39.1 Å². The van der Waals surface area contributed by atoms with Crippen molar-refractivity contribution in [3.63, 3.8) is 0 Å². The van der Waals surface area contributed by atoms with Crippen molar-refractivity contribution in [1.29, 1.82) is 0 Å². The van der Waals surface area contributed by atoms with E-state index in [0.717, 1.165) is 28.8 Å². The largest absolute Gasteiger partial charge is 0.397 e. The smallest absolute Gasteiger partial charge is 0.266 e. The van der Waals surface area contributed by atoms with Gasteiger partial charge in [0.05, 0.1) is 5.69 Å². The van der Waals surface area contributed by atoms with E-state index in [1.807, 2.05) is 0 Å². The number of pyridine rings is 1. The highest BCUT2D eigenvalue weighted by molar-refractivity contribution is 7.21. The van der Waals surface area contributed by atoms with Crippen molar-refractivity contribution in [3.05, 3.63) is 22.2 Å². The van der Waals surface area contributed by atoms with Crippen molar-refractivity contribution in [2.45, 2.75) is 38.5 Å². The Kier molecular flexibility index (Phi) is 4.11. The van der Waals surface area contributed by atoms with Crippen LogP contribution in [0.3, 0.4) is 0 Å². The molecule has 0 saturated carbocycles. The number of anilines is 1. The third-order valence-electron chi connectivity index (χ3n) is 5.38. The van der Waals surface area contributed by atoms with Gasteiger partial charge >= 0.3 is 0 Å². The third-order valence-corrected chi connectivity index (χ3v) is 6.48. The molecule has 1 aliphatic heterocycles. The highest BCUT2D eigenvalue weighted by Gasteiger charge is 2.29. The first-order valence-corrected chi connectivity index (χ1v) is 9.65. The maximum atomic E-state index is 12.9. The first kappa shape index (κ1) is 16.3. The number of hydrogen-bond acceptors (Lipinski definition) is 5. The Morgan fingerprint density at radius 1 is 1.20 bits per heavy atom. The third kappa shape index (κ3) is 2.86. The molecule has 2 aromatic heterocycles. The molecule has 0 spiro atoms. The molecule has 7 heteroatoms. The van der Waals surface area contributed by atoms with E-state index in [1.165, 1.54) is 29.7 Å². The maximum Gasteiger partial charge on any atom is 0.266 e. The van der Waals surface area contributed by atoms with Gasteiger partial charge in [0, 0.05) is 30.1 Å². The van der Waals surface area contributed by atoms with Crippen LogP contribution in [0.1, 0.15) is 46.6 Å². The molecule has 6 nitrogen and oxygen atoms in total. The van der Waals surface area contributed by atoms with E-state index in [-0.39, 0.29) is 17.7 Å². The summed E-state index contributed by atoms with van der Waals surface area (Å²) in [6, 6.07) is 2.12. The second-order valence-electron chi connectivity index (χ2n) is 6.97. The highest BCUT2D eigenvalue weighted by Crippen LogP contribution is 2.36. The van der Waals surface area contributed by atoms with Gasteiger partial charge < -0.3 is 16.4 Å². The summed E-state index contributed by atoms with van der Waals surface area (Å²) >= 11 is 1.39. The number of amides is 2. The zero-order valence-electron chi connectivity index (χ0n) is 14.1. The maximum absolute atomic E-state index is 12.9. The molecule has 0 bridgehead atoms. The minimum atomic E-state index is -0.275. The van der Waals surface area contributed by atoms with Crippen molar-refractivity contribution in [2.24, 2.45) is 11.7 Å². The second kappa shape index (κ2) is 6.29. The number of carbonyl (C=O) groups is 2.